The minimum absolute atomic E-state index is 0.145. The Kier molecular flexibility index (Phi) is 6.32. The number of carbonyl (C=O) groups excluding carboxylic acids is 1. The van der Waals surface area contributed by atoms with Gasteiger partial charge in [0.2, 0.25) is 0 Å². The van der Waals surface area contributed by atoms with Crippen molar-refractivity contribution in [1.29, 1.82) is 0 Å². The molecule has 1 amide bonds. The van der Waals surface area contributed by atoms with Crippen molar-refractivity contribution in [2.24, 2.45) is 5.73 Å². The molecule has 0 saturated heterocycles. The van der Waals surface area contributed by atoms with Crippen LogP contribution < -0.4 is 11.1 Å². The van der Waals surface area contributed by atoms with Crippen LogP contribution in [0.25, 0.3) is 0 Å². The summed E-state index contributed by atoms with van der Waals surface area (Å²) in [6.45, 7) is 8.24. The Morgan fingerprint density at radius 3 is 2.47 bits per heavy atom. The SMILES string of the molecule is CC(CCCCN)NC(=O)OC(C)(C)C. The molecule has 0 aliphatic carbocycles. The van der Waals surface area contributed by atoms with E-state index in [1.807, 2.05) is 27.7 Å². The van der Waals surface area contributed by atoms with Crippen LogP contribution in [0.2, 0.25) is 0 Å². The molecule has 4 nitrogen and oxygen atoms in total. The molecule has 0 spiro atoms. The molecule has 0 aliphatic rings. The molecular weight excluding hydrogens is 192 g/mol. The first kappa shape index (κ1) is 14.2. The first-order valence-electron chi connectivity index (χ1n) is 5.54. The van der Waals surface area contributed by atoms with Crippen LogP contribution in [0.4, 0.5) is 4.79 Å². The second kappa shape index (κ2) is 6.67. The smallest absolute Gasteiger partial charge is 0.407 e. The molecule has 1 atom stereocenters. The number of rotatable bonds is 5. The molecule has 0 aliphatic heterocycles. The van der Waals surface area contributed by atoms with E-state index in [2.05, 4.69) is 5.32 Å². The van der Waals surface area contributed by atoms with Gasteiger partial charge in [-0.3, -0.25) is 0 Å². The predicted octanol–water partition coefficient (Wildman–Crippen LogP) is 2.03. The Labute approximate surface area is 92.6 Å². The van der Waals surface area contributed by atoms with Gasteiger partial charge in [-0.15, -0.1) is 0 Å². The Hall–Kier alpha value is -0.770. The molecule has 15 heavy (non-hydrogen) atoms. The summed E-state index contributed by atoms with van der Waals surface area (Å²) in [5.41, 5.74) is 4.96. The van der Waals surface area contributed by atoms with Crippen molar-refractivity contribution in [3.8, 4) is 0 Å². The van der Waals surface area contributed by atoms with Crippen molar-refractivity contribution >= 4 is 6.09 Å². The molecule has 3 N–H and O–H groups in total. The van der Waals surface area contributed by atoms with Gasteiger partial charge in [-0.05, 0) is 47.1 Å². The lowest BCUT2D eigenvalue weighted by atomic mass is 10.1. The molecule has 0 rings (SSSR count). The van der Waals surface area contributed by atoms with Gasteiger partial charge in [0, 0.05) is 6.04 Å². The van der Waals surface area contributed by atoms with Gasteiger partial charge in [-0.25, -0.2) is 4.79 Å². The zero-order valence-electron chi connectivity index (χ0n) is 10.3. The van der Waals surface area contributed by atoms with Crippen LogP contribution >= 0.6 is 0 Å². The van der Waals surface area contributed by atoms with Gasteiger partial charge < -0.3 is 15.8 Å². The van der Waals surface area contributed by atoms with E-state index in [-0.39, 0.29) is 12.1 Å². The minimum atomic E-state index is -0.430. The van der Waals surface area contributed by atoms with Crippen molar-refractivity contribution in [1.82, 2.24) is 5.32 Å². The van der Waals surface area contributed by atoms with Gasteiger partial charge in [-0.2, -0.15) is 0 Å². The first-order chi connectivity index (χ1) is 6.85. The molecule has 0 heterocycles. The number of hydrogen-bond donors (Lipinski definition) is 2. The maximum Gasteiger partial charge on any atom is 0.407 e. The number of nitrogens with two attached hydrogens (primary N) is 1. The Morgan fingerprint density at radius 1 is 1.40 bits per heavy atom. The van der Waals surface area contributed by atoms with E-state index < -0.39 is 5.60 Å². The summed E-state index contributed by atoms with van der Waals surface area (Å²) in [6.07, 6.45) is 2.63. The molecule has 0 radical (unpaired) electrons. The molecule has 1 unspecified atom stereocenters. The highest BCUT2D eigenvalue weighted by Crippen LogP contribution is 2.07. The van der Waals surface area contributed by atoms with Gasteiger partial charge in [-0.1, -0.05) is 6.42 Å². The third-order valence-corrected chi connectivity index (χ3v) is 1.85. The Morgan fingerprint density at radius 2 is 2.00 bits per heavy atom. The van der Waals surface area contributed by atoms with E-state index in [9.17, 15) is 4.79 Å². The van der Waals surface area contributed by atoms with E-state index in [1.165, 1.54) is 0 Å². The van der Waals surface area contributed by atoms with Crippen LogP contribution in [0, 0.1) is 0 Å². The molecule has 0 fully saturated rings. The second-order valence-corrected chi connectivity index (χ2v) is 4.83. The largest absolute Gasteiger partial charge is 0.444 e. The monoisotopic (exact) mass is 216 g/mol. The number of carbonyl (C=O) groups is 1. The molecule has 0 aromatic heterocycles. The zero-order valence-corrected chi connectivity index (χ0v) is 10.3. The quantitative estimate of drug-likeness (QED) is 0.691. The van der Waals surface area contributed by atoms with Gasteiger partial charge in [0.1, 0.15) is 5.60 Å². The second-order valence-electron chi connectivity index (χ2n) is 4.83. The van der Waals surface area contributed by atoms with E-state index in [4.69, 9.17) is 10.5 Å². The van der Waals surface area contributed by atoms with Crippen molar-refractivity contribution in [3.05, 3.63) is 0 Å². The fourth-order valence-electron chi connectivity index (χ4n) is 1.18. The molecule has 90 valence electrons. The summed E-state index contributed by atoms with van der Waals surface area (Å²) in [5.74, 6) is 0. The standard InChI is InChI=1S/C11H24N2O2/c1-9(7-5-6-8-12)13-10(14)15-11(2,3)4/h9H,5-8,12H2,1-4H3,(H,13,14). The highest BCUT2D eigenvalue weighted by Gasteiger charge is 2.17. The van der Waals surface area contributed by atoms with E-state index in [1.54, 1.807) is 0 Å². The molecule has 4 heteroatoms. The van der Waals surface area contributed by atoms with Crippen LogP contribution in [0.1, 0.15) is 47.0 Å². The fourth-order valence-corrected chi connectivity index (χ4v) is 1.18. The topological polar surface area (TPSA) is 64.3 Å². The summed E-state index contributed by atoms with van der Waals surface area (Å²) in [7, 11) is 0. The van der Waals surface area contributed by atoms with Gasteiger partial charge in [0.05, 0.1) is 0 Å². The van der Waals surface area contributed by atoms with E-state index >= 15 is 0 Å². The summed E-state index contributed by atoms with van der Waals surface area (Å²) in [5, 5.41) is 2.79. The molecule has 0 saturated carbocycles. The van der Waals surface area contributed by atoms with Gasteiger partial charge in [0.25, 0.3) is 0 Å². The molecule has 0 bridgehead atoms. The third-order valence-electron chi connectivity index (χ3n) is 1.85. The maximum absolute atomic E-state index is 11.3. The van der Waals surface area contributed by atoms with Gasteiger partial charge >= 0.3 is 6.09 Å². The number of amides is 1. The van der Waals surface area contributed by atoms with E-state index in [0.29, 0.717) is 6.54 Å². The lowest BCUT2D eigenvalue weighted by Crippen LogP contribution is -2.37. The van der Waals surface area contributed by atoms with Crippen LogP contribution in [-0.2, 0) is 4.74 Å². The normalized spacial score (nSPS) is 13.4. The first-order valence-corrected chi connectivity index (χ1v) is 5.54. The maximum atomic E-state index is 11.3. The van der Waals surface area contributed by atoms with Gasteiger partial charge in [0.15, 0.2) is 0 Å². The summed E-state index contributed by atoms with van der Waals surface area (Å²) < 4.78 is 5.14. The van der Waals surface area contributed by atoms with Crippen molar-refractivity contribution in [3.63, 3.8) is 0 Å². The number of hydrogen-bond acceptors (Lipinski definition) is 3. The fraction of sp³-hybridized carbons (Fsp3) is 0.909. The van der Waals surface area contributed by atoms with Crippen LogP contribution in [0.5, 0.6) is 0 Å². The number of unbranched alkanes of at least 4 members (excludes halogenated alkanes) is 1. The summed E-state index contributed by atoms with van der Waals surface area (Å²) >= 11 is 0. The number of nitrogens with one attached hydrogen (secondary N) is 1. The Bertz CT molecular complexity index is 188. The molecular formula is C11H24N2O2. The molecule has 0 aromatic carbocycles. The number of alkyl carbamates (subject to hydrolysis) is 1. The lowest BCUT2D eigenvalue weighted by Gasteiger charge is -2.21. The summed E-state index contributed by atoms with van der Waals surface area (Å²) in [4.78, 5) is 11.3. The van der Waals surface area contributed by atoms with Crippen molar-refractivity contribution in [2.75, 3.05) is 6.54 Å². The van der Waals surface area contributed by atoms with Crippen molar-refractivity contribution < 1.29 is 9.53 Å². The van der Waals surface area contributed by atoms with Crippen LogP contribution in [0.3, 0.4) is 0 Å². The van der Waals surface area contributed by atoms with Crippen LogP contribution in [0.15, 0.2) is 0 Å². The highest BCUT2D eigenvalue weighted by molar-refractivity contribution is 5.67. The average Bonchev–Trinajstić information content (AvgIpc) is 2.00. The zero-order chi connectivity index (χ0) is 11.9. The predicted molar refractivity (Wildman–Crippen MR) is 61.7 cm³/mol. The van der Waals surface area contributed by atoms with E-state index in [0.717, 1.165) is 19.3 Å². The Balaban J connectivity index is 3.67. The third kappa shape index (κ3) is 9.53. The number of ether oxygens (including phenoxy) is 1. The summed E-state index contributed by atoms with van der Waals surface area (Å²) in [6, 6.07) is 0.145. The van der Waals surface area contributed by atoms with Crippen molar-refractivity contribution in [2.45, 2.75) is 58.6 Å². The minimum Gasteiger partial charge on any atom is -0.444 e. The highest BCUT2D eigenvalue weighted by atomic mass is 16.6. The van der Waals surface area contributed by atoms with Crippen LogP contribution in [-0.4, -0.2) is 24.3 Å². The lowest BCUT2D eigenvalue weighted by molar-refractivity contribution is 0.0506. The average molecular weight is 216 g/mol. The molecule has 0 aromatic rings.